The molecule has 0 aliphatic carbocycles. The van der Waals surface area contributed by atoms with Crippen molar-refractivity contribution < 1.29 is 4.39 Å². The van der Waals surface area contributed by atoms with E-state index in [-0.39, 0.29) is 5.02 Å². The van der Waals surface area contributed by atoms with Gasteiger partial charge in [-0.05, 0) is 24.1 Å². The van der Waals surface area contributed by atoms with Crippen molar-refractivity contribution in [1.82, 2.24) is 0 Å². The Morgan fingerprint density at radius 2 is 2.18 bits per heavy atom. The molecule has 0 spiro atoms. The maximum atomic E-state index is 12.8. The summed E-state index contributed by atoms with van der Waals surface area (Å²) in [5.74, 6) is -0.438. The molecule has 0 N–H and O–H groups in total. The first-order chi connectivity index (χ1) is 5.15. The third-order valence-electron chi connectivity index (χ3n) is 1.48. The zero-order chi connectivity index (χ0) is 8.43. The molecule has 0 unspecified atom stereocenters. The van der Waals surface area contributed by atoms with E-state index in [4.69, 9.17) is 11.6 Å². The third kappa shape index (κ3) is 1.88. The molecule has 0 radical (unpaired) electrons. The van der Waals surface area contributed by atoms with Crippen molar-refractivity contribution >= 4 is 24.2 Å². The van der Waals surface area contributed by atoms with Crippen LogP contribution < -0.4 is 0 Å². The Kier molecular flexibility index (Phi) is 2.79. The van der Waals surface area contributed by atoms with Gasteiger partial charge in [0.2, 0.25) is 0 Å². The lowest BCUT2D eigenvalue weighted by molar-refractivity contribution is 0.602. The quantitative estimate of drug-likeness (QED) is 0.646. The lowest BCUT2D eigenvalue weighted by Crippen LogP contribution is -1.85. The summed E-state index contributed by atoms with van der Waals surface area (Å²) in [7, 11) is 0. The summed E-state index contributed by atoms with van der Waals surface area (Å²) in [5.41, 5.74) is 1.00. The van der Waals surface area contributed by atoms with Crippen molar-refractivity contribution in [2.24, 2.45) is 0 Å². The van der Waals surface area contributed by atoms with E-state index in [1.807, 2.05) is 6.92 Å². The number of hydrogen-bond acceptors (Lipinski definition) is 1. The summed E-state index contributed by atoms with van der Waals surface area (Å²) in [4.78, 5) is 0.314. The highest BCUT2D eigenvalue weighted by molar-refractivity contribution is 7.80. The fourth-order valence-electron chi connectivity index (χ4n) is 0.833. The molecule has 0 saturated heterocycles. The number of benzene rings is 1. The number of rotatable bonds is 1. The van der Waals surface area contributed by atoms with Crippen LogP contribution in [0.3, 0.4) is 0 Å². The highest BCUT2D eigenvalue weighted by Crippen LogP contribution is 2.23. The molecule has 3 heteroatoms. The Balaban J connectivity index is 3.21. The van der Waals surface area contributed by atoms with Crippen LogP contribution in [-0.2, 0) is 6.42 Å². The zero-order valence-electron chi connectivity index (χ0n) is 6.06. The van der Waals surface area contributed by atoms with Gasteiger partial charge in [0.1, 0.15) is 0 Å². The molecule has 11 heavy (non-hydrogen) atoms. The second kappa shape index (κ2) is 3.46. The third-order valence-corrected chi connectivity index (χ3v) is 2.08. The molecular formula is C8H8ClFS. The summed E-state index contributed by atoms with van der Waals surface area (Å²) in [5, 5.41) is 0.148. The Hall–Kier alpha value is -0.210. The van der Waals surface area contributed by atoms with E-state index in [0.29, 0.717) is 4.90 Å². The van der Waals surface area contributed by atoms with Gasteiger partial charge in [-0.15, -0.1) is 12.6 Å². The van der Waals surface area contributed by atoms with Crippen LogP contribution in [0.4, 0.5) is 4.39 Å². The molecule has 0 amide bonds. The molecule has 1 rings (SSSR count). The lowest BCUT2D eigenvalue weighted by Gasteiger charge is -2.01. The molecule has 0 bridgehead atoms. The molecule has 0 saturated carbocycles. The molecule has 0 aliphatic heterocycles. The van der Waals surface area contributed by atoms with Crippen molar-refractivity contribution in [1.29, 1.82) is 0 Å². The van der Waals surface area contributed by atoms with Gasteiger partial charge in [0.05, 0.1) is 5.02 Å². The Morgan fingerprint density at radius 1 is 1.55 bits per heavy atom. The molecule has 1 aromatic rings. The van der Waals surface area contributed by atoms with Crippen LogP contribution in [0.1, 0.15) is 12.5 Å². The van der Waals surface area contributed by atoms with Gasteiger partial charge in [-0.2, -0.15) is 0 Å². The minimum absolute atomic E-state index is 0.148. The van der Waals surface area contributed by atoms with E-state index < -0.39 is 5.82 Å². The maximum absolute atomic E-state index is 12.8. The average molecular weight is 191 g/mol. The highest BCUT2D eigenvalue weighted by Gasteiger charge is 2.04. The van der Waals surface area contributed by atoms with Gasteiger partial charge in [-0.25, -0.2) is 4.39 Å². The molecular weight excluding hydrogens is 183 g/mol. The topological polar surface area (TPSA) is 0 Å². The number of halogens is 2. The molecule has 0 fully saturated rings. The zero-order valence-corrected chi connectivity index (χ0v) is 7.72. The normalized spacial score (nSPS) is 10.2. The van der Waals surface area contributed by atoms with Gasteiger partial charge < -0.3 is 0 Å². The summed E-state index contributed by atoms with van der Waals surface area (Å²) >= 11 is 9.51. The van der Waals surface area contributed by atoms with Gasteiger partial charge in [0, 0.05) is 4.90 Å². The summed E-state index contributed by atoms with van der Waals surface area (Å²) < 4.78 is 12.8. The minimum Gasteiger partial charge on any atom is -0.204 e. The smallest absolute Gasteiger partial charge is 0.155 e. The largest absolute Gasteiger partial charge is 0.204 e. The summed E-state index contributed by atoms with van der Waals surface area (Å²) in [6, 6.07) is 3.31. The van der Waals surface area contributed by atoms with Crippen LogP contribution in [0.15, 0.2) is 17.0 Å². The van der Waals surface area contributed by atoms with Crippen molar-refractivity contribution in [3.05, 3.63) is 28.5 Å². The van der Waals surface area contributed by atoms with Crippen LogP contribution >= 0.6 is 24.2 Å². The highest BCUT2D eigenvalue weighted by atomic mass is 35.5. The lowest BCUT2D eigenvalue weighted by atomic mass is 10.2. The minimum atomic E-state index is -0.438. The van der Waals surface area contributed by atoms with Crippen molar-refractivity contribution in [2.45, 2.75) is 18.2 Å². The van der Waals surface area contributed by atoms with E-state index >= 15 is 0 Å². The van der Waals surface area contributed by atoms with Crippen LogP contribution in [-0.4, -0.2) is 0 Å². The van der Waals surface area contributed by atoms with Gasteiger partial charge in [-0.3, -0.25) is 0 Å². The molecule has 1 aromatic carbocycles. The Bertz CT molecular complexity index is 250. The molecule has 0 aromatic heterocycles. The predicted molar refractivity (Wildman–Crippen MR) is 48.0 cm³/mol. The van der Waals surface area contributed by atoms with Crippen molar-refractivity contribution in [3.63, 3.8) is 0 Å². The standard InChI is InChI=1S/C8H8ClFS/c1-2-5-3-6(9)8(10)7(11)4-5/h3-4,11H,2H2,1H3. The van der Waals surface area contributed by atoms with E-state index in [2.05, 4.69) is 12.6 Å². The SMILES string of the molecule is CCc1cc(S)c(F)c(Cl)c1. The average Bonchev–Trinajstić information content (AvgIpc) is 1.99. The molecule has 0 aliphatic rings. The molecule has 0 heterocycles. The van der Waals surface area contributed by atoms with E-state index in [0.717, 1.165) is 12.0 Å². The summed E-state index contributed by atoms with van der Waals surface area (Å²) in [6.07, 6.45) is 0.841. The second-order valence-electron chi connectivity index (χ2n) is 2.26. The molecule has 0 nitrogen and oxygen atoms in total. The fraction of sp³-hybridized carbons (Fsp3) is 0.250. The van der Waals surface area contributed by atoms with Crippen LogP contribution in [0.2, 0.25) is 5.02 Å². The fourth-order valence-corrected chi connectivity index (χ4v) is 1.43. The number of aryl methyl sites for hydroxylation is 1. The van der Waals surface area contributed by atoms with Crippen LogP contribution in [0, 0.1) is 5.82 Å². The van der Waals surface area contributed by atoms with Crippen LogP contribution in [0.25, 0.3) is 0 Å². The summed E-state index contributed by atoms with van der Waals surface area (Å²) in [6.45, 7) is 1.98. The number of hydrogen-bond donors (Lipinski definition) is 1. The molecule has 0 atom stereocenters. The second-order valence-corrected chi connectivity index (χ2v) is 3.15. The first kappa shape index (κ1) is 8.88. The van der Waals surface area contributed by atoms with Crippen LogP contribution in [0.5, 0.6) is 0 Å². The maximum Gasteiger partial charge on any atom is 0.155 e. The van der Waals surface area contributed by atoms with E-state index in [9.17, 15) is 4.39 Å². The van der Waals surface area contributed by atoms with Gasteiger partial charge in [0.25, 0.3) is 0 Å². The van der Waals surface area contributed by atoms with Gasteiger partial charge in [-0.1, -0.05) is 18.5 Å². The van der Waals surface area contributed by atoms with Crippen molar-refractivity contribution in [3.8, 4) is 0 Å². The Morgan fingerprint density at radius 3 is 2.64 bits per heavy atom. The first-order valence-corrected chi connectivity index (χ1v) is 4.14. The monoisotopic (exact) mass is 190 g/mol. The van der Waals surface area contributed by atoms with Crippen molar-refractivity contribution in [2.75, 3.05) is 0 Å². The van der Waals surface area contributed by atoms with Gasteiger partial charge >= 0.3 is 0 Å². The number of thiol groups is 1. The molecule has 60 valence electrons. The Labute approximate surface area is 75.8 Å². The predicted octanol–water partition coefficient (Wildman–Crippen LogP) is 3.33. The van der Waals surface area contributed by atoms with E-state index in [1.54, 1.807) is 12.1 Å². The van der Waals surface area contributed by atoms with E-state index in [1.165, 1.54) is 0 Å². The van der Waals surface area contributed by atoms with Gasteiger partial charge in [0.15, 0.2) is 5.82 Å². The first-order valence-electron chi connectivity index (χ1n) is 3.32.